The van der Waals surface area contributed by atoms with E-state index in [0.717, 1.165) is 18.6 Å². The van der Waals surface area contributed by atoms with E-state index in [0.29, 0.717) is 6.54 Å². The Labute approximate surface area is 132 Å². The fraction of sp³-hybridized carbons (Fsp3) is 0.462. The Bertz CT molecular complexity index is 654. The standard InChI is InChI=1S/C13H18BrFN2O3S/c1-13(2,3)4-5-17-12(18)8-6-9(15)11(14)10(7-8)21(16,19)20/h6-7H,4-5H2,1-3H3,(H,17,18)(H2,16,19,20). The van der Waals surface area contributed by atoms with Crippen LogP contribution >= 0.6 is 15.9 Å². The van der Waals surface area contributed by atoms with Crippen LogP contribution in [-0.2, 0) is 10.0 Å². The Balaban J connectivity index is 2.99. The van der Waals surface area contributed by atoms with Crippen LogP contribution in [0.3, 0.4) is 0 Å². The van der Waals surface area contributed by atoms with Crippen LogP contribution in [0.4, 0.5) is 4.39 Å². The van der Waals surface area contributed by atoms with Crippen molar-refractivity contribution in [3.63, 3.8) is 0 Å². The zero-order valence-corrected chi connectivity index (χ0v) is 14.4. The maximum absolute atomic E-state index is 13.7. The number of carbonyl (C=O) groups is 1. The van der Waals surface area contributed by atoms with E-state index < -0.39 is 26.6 Å². The summed E-state index contributed by atoms with van der Waals surface area (Å²) < 4.78 is 36.2. The van der Waals surface area contributed by atoms with Gasteiger partial charge in [-0.25, -0.2) is 17.9 Å². The number of nitrogens with one attached hydrogen (secondary N) is 1. The first-order chi connectivity index (χ1) is 9.42. The Morgan fingerprint density at radius 3 is 2.43 bits per heavy atom. The minimum absolute atomic E-state index is 0.0456. The van der Waals surface area contributed by atoms with Gasteiger partial charge in [0.1, 0.15) is 5.82 Å². The van der Waals surface area contributed by atoms with Crippen LogP contribution in [0.15, 0.2) is 21.5 Å². The van der Waals surface area contributed by atoms with E-state index in [1.54, 1.807) is 0 Å². The number of nitrogens with two attached hydrogens (primary N) is 1. The van der Waals surface area contributed by atoms with E-state index in [9.17, 15) is 17.6 Å². The molecule has 8 heteroatoms. The largest absolute Gasteiger partial charge is 0.352 e. The monoisotopic (exact) mass is 380 g/mol. The molecule has 1 aromatic carbocycles. The maximum Gasteiger partial charge on any atom is 0.251 e. The van der Waals surface area contributed by atoms with Gasteiger partial charge in [0, 0.05) is 12.1 Å². The molecular formula is C13H18BrFN2O3S. The Morgan fingerprint density at radius 2 is 1.95 bits per heavy atom. The second-order valence-electron chi connectivity index (χ2n) is 5.88. The summed E-state index contributed by atoms with van der Waals surface area (Å²) in [5, 5.41) is 7.62. The molecule has 21 heavy (non-hydrogen) atoms. The lowest BCUT2D eigenvalue weighted by atomic mass is 9.92. The summed E-state index contributed by atoms with van der Waals surface area (Å²) in [6.45, 7) is 6.48. The molecule has 0 saturated heterocycles. The average molecular weight is 381 g/mol. The van der Waals surface area contributed by atoms with Crippen molar-refractivity contribution in [2.75, 3.05) is 6.54 Å². The van der Waals surface area contributed by atoms with Gasteiger partial charge in [-0.3, -0.25) is 4.79 Å². The molecule has 0 heterocycles. The lowest BCUT2D eigenvalue weighted by molar-refractivity contribution is 0.0949. The van der Waals surface area contributed by atoms with E-state index in [2.05, 4.69) is 21.2 Å². The number of benzene rings is 1. The molecule has 0 aliphatic heterocycles. The molecule has 0 aromatic heterocycles. The van der Waals surface area contributed by atoms with Crippen LogP contribution in [-0.4, -0.2) is 20.9 Å². The van der Waals surface area contributed by atoms with Crippen LogP contribution in [0.5, 0.6) is 0 Å². The van der Waals surface area contributed by atoms with Gasteiger partial charge in [0.25, 0.3) is 5.91 Å². The number of sulfonamides is 1. The molecule has 0 bridgehead atoms. The summed E-state index contributed by atoms with van der Waals surface area (Å²) >= 11 is 2.81. The molecule has 0 saturated carbocycles. The molecule has 3 N–H and O–H groups in total. The van der Waals surface area contributed by atoms with Crippen molar-refractivity contribution in [3.8, 4) is 0 Å². The number of hydrogen-bond donors (Lipinski definition) is 2. The third kappa shape index (κ3) is 5.37. The van der Waals surface area contributed by atoms with Crippen molar-refractivity contribution < 1.29 is 17.6 Å². The molecule has 0 unspecified atom stereocenters. The van der Waals surface area contributed by atoms with E-state index in [1.165, 1.54) is 0 Å². The molecule has 1 amide bonds. The van der Waals surface area contributed by atoms with Gasteiger partial charge in [0.05, 0.1) is 9.37 Å². The molecule has 1 aromatic rings. The zero-order valence-electron chi connectivity index (χ0n) is 12.0. The molecule has 1 rings (SSSR count). The van der Waals surface area contributed by atoms with Gasteiger partial charge in [-0.1, -0.05) is 20.8 Å². The van der Waals surface area contributed by atoms with Crippen molar-refractivity contribution in [1.29, 1.82) is 0 Å². The summed E-state index contributed by atoms with van der Waals surface area (Å²) in [6.07, 6.45) is 0.736. The first-order valence-corrected chi connectivity index (χ1v) is 8.56. The van der Waals surface area contributed by atoms with Crippen molar-refractivity contribution in [1.82, 2.24) is 5.32 Å². The Hall–Kier alpha value is -0.990. The zero-order chi connectivity index (χ0) is 16.4. The van der Waals surface area contributed by atoms with Crippen LogP contribution in [0.25, 0.3) is 0 Å². The normalized spacial score (nSPS) is 12.3. The Morgan fingerprint density at radius 1 is 1.38 bits per heavy atom. The highest BCUT2D eigenvalue weighted by Crippen LogP contribution is 2.26. The smallest absolute Gasteiger partial charge is 0.251 e. The van der Waals surface area contributed by atoms with Crippen molar-refractivity contribution in [2.45, 2.75) is 32.1 Å². The Kier molecular flexibility index (Phi) is 5.51. The second-order valence-corrected chi connectivity index (χ2v) is 8.20. The number of carbonyl (C=O) groups excluding carboxylic acids is 1. The highest BCUT2D eigenvalue weighted by Gasteiger charge is 2.20. The molecule has 0 fully saturated rings. The highest BCUT2D eigenvalue weighted by atomic mass is 79.9. The predicted molar refractivity (Wildman–Crippen MR) is 81.9 cm³/mol. The van der Waals surface area contributed by atoms with Gasteiger partial charge in [0.2, 0.25) is 10.0 Å². The summed E-state index contributed by atoms with van der Waals surface area (Å²) in [4.78, 5) is 11.5. The van der Waals surface area contributed by atoms with Gasteiger partial charge >= 0.3 is 0 Å². The lowest BCUT2D eigenvalue weighted by Gasteiger charge is -2.18. The molecule has 5 nitrogen and oxygen atoms in total. The van der Waals surface area contributed by atoms with Gasteiger partial charge in [-0.05, 0) is 39.9 Å². The van der Waals surface area contributed by atoms with Crippen molar-refractivity contribution >= 4 is 31.9 Å². The second kappa shape index (κ2) is 6.41. The quantitative estimate of drug-likeness (QED) is 0.840. The van der Waals surface area contributed by atoms with E-state index in [1.807, 2.05) is 20.8 Å². The third-order valence-electron chi connectivity index (χ3n) is 2.72. The van der Waals surface area contributed by atoms with E-state index in [4.69, 9.17) is 5.14 Å². The first-order valence-electron chi connectivity index (χ1n) is 6.22. The SMILES string of the molecule is CC(C)(C)CCNC(=O)c1cc(F)c(Br)c(S(N)(=O)=O)c1. The summed E-state index contributed by atoms with van der Waals surface area (Å²) in [7, 11) is -4.12. The summed E-state index contributed by atoms with van der Waals surface area (Å²) in [5.41, 5.74) is -0.0436. The molecule has 0 aliphatic rings. The van der Waals surface area contributed by atoms with Gasteiger partial charge in [-0.15, -0.1) is 0 Å². The van der Waals surface area contributed by atoms with Crippen molar-refractivity contribution in [2.24, 2.45) is 10.6 Å². The van der Waals surface area contributed by atoms with E-state index in [-0.39, 0.29) is 15.5 Å². The fourth-order valence-electron chi connectivity index (χ4n) is 1.56. The topological polar surface area (TPSA) is 89.3 Å². The average Bonchev–Trinajstić information content (AvgIpc) is 2.29. The number of halogens is 2. The maximum atomic E-state index is 13.7. The van der Waals surface area contributed by atoms with Crippen LogP contribution in [0, 0.1) is 11.2 Å². The summed E-state index contributed by atoms with van der Waals surface area (Å²) in [6, 6.07) is 2.01. The number of rotatable bonds is 4. The third-order valence-corrected chi connectivity index (χ3v) is 4.73. The van der Waals surface area contributed by atoms with Crippen LogP contribution in [0.1, 0.15) is 37.6 Å². The van der Waals surface area contributed by atoms with Crippen molar-refractivity contribution in [3.05, 3.63) is 28.0 Å². The minimum Gasteiger partial charge on any atom is -0.352 e. The van der Waals surface area contributed by atoms with Crippen LogP contribution in [0.2, 0.25) is 0 Å². The first kappa shape index (κ1) is 18.1. The van der Waals surface area contributed by atoms with Crippen LogP contribution < -0.4 is 10.5 Å². The molecule has 0 radical (unpaired) electrons. The molecule has 0 spiro atoms. The van der Waals surface area contributed by atoms with Gasteiger partial charge < -0.3 is 5.32 Å². The molecule has 118 valence electrons. The molecule has 0 aliphatic carbocycles. The fourth-order valence-corrected chi connectivity index (χ4v) is 3.10. The van der Waals surface area contributed by atoms with Gasteiger partial charge in [-0.2, -0.15) is 0 Å². The highest BCUT2D eigenvalue weighted by molar-refractivity contribution is 9.10. The number of hydrogen-bond acceptors (Lipinski definition) is 3. The van der Waals surface area contributed by atoms with Gasteiger partial charge in [0.15, 0.2) is 0 Å². The molecule has 0 atom stereocenters. The number of primary sulfonamides is 1. The summed E-state index contributed by atoms with van der Waals surface area (Å²) in [5.74, 6) is -1.40. The van der Waals surface area contributed by atoms with E-state index >= 15 is 0 Å². The lowest BCUT2D eigenvalue weighted by Crippen LogP contribution is -2.27. The predicted octanol–water partition coefficient (Wildman–Crippen LogP) is 2.40. The minimum atomic E-state index is -4.12. The molecular weight excluding hydrogens is 363 g/mol. The number of amides is 1.